The second kappa shape index (κ2) is 4.85. The molecule has 0 bridgehead atoms. The number of thiophene rings is 1. The van der Waals surface area contributed by atoms with Crippen LogP contribution < -0.4 is 11.1 Å². The molecule has 9 heteroatoms. The van der Waals surface area contributed by atoms with Gasteiger partial charge in [0, 0.05) is 7.05 Å². The Morgan fingerprint density at radius 2 is 2.24 bits per heavy atom. The lowest BCUT2D eigenvalue weighted by molar-refractivity contribution is 0.0951. The zero-order valence-electron chi connectivity index (χ0n) is 11.8. The zero-order valence-corrected chi connectivity index (χ0v) is 12.6. The van der Waals surface area contributed by atoms with Crippen molar-refractivity contribution < 1.29 is 9.32 Å². The molecule has 0 unspecified atom stereocenters. The molecule has 0 aromatic carbocycles. The Balaban J connectivity index is 1.84. The van der Waals surface area contributed by atoms with E-state index < -0.39 is 0 Å². The summed E-state index contributed by atoms with van der Waals surface area (Å²) in [6, 6.07) is 0. The van der Waals surface area contributed by atoms with Gasteiger partial charge < -0.3 is 15.6 Å². The molecule has 0 spiro atoms. The number of rotatable bonds is 3. The lowest BCUT2D eigenvalue weighted by Crippen LogP contribution is -2.22. The quantitative estimate of drug-likeness (QED) is 0.750. The molecule has 0 radical (unpaired) electrons. The van der Waals surface area contributed by atoms with Crippen molar-refractivity contribution in [3.05, 3.63) is 22.3 Å². The van der Waals surface area contributed by atoms with Crippen LogP contribution in [0.1, 0.15) is 27.1 Å². The number of carbonyl (C=O) groups excluding carboxylic acids is 1. The van der Waals surface area contributed by atoms with Crippen LogP contribution in [0.2, 0.25) is 0 Å². The molecule has 0 saturated heterocycles. The Morgan fingerprint density at radius 1 is 1.48 bits per heavy atom. The Bertz CT molecular complexity index is 830. The van der Waals surface area contributed by atoms with E-state index in [9.17, 15) is 4.79 Å². The number of carbonyl (C=O) groups is 1. The molecule has 3 heterocycles. The fraction of sp³-hybridized carbons (Fsp3) is 0.333. The average molecular weight is 306 g/mol. The monoisotopic (exact) mass is 306 g/mol. The molecule has 3 N–H and O–H groups in total. The molecule has 3 aromatic rings. The van der Waals surface area contributed by atoms with E-state index in [2.05, 4.69) is 20.6 Å². The SMILES string of the molecule is Cc1noc(CNC(=O)c2sc3c(c(C)nn3C)c2N)n1. The third-order valence-electron chi connectivity index (χ3n) is 3.06. The highest BCUT2D eigenvalue weighted by atomic mass is 32.1. The van der Waals surface area contributed by atoms with Gasteiger partial charge in [0.2, 0.25) is 5.89 Å². The number of hydrogen-bond acceptors (Lipinski definition) is 7. The standard InChI is InChI=1S/C12H14N6O2S/c1-5-8-9(13)10(21-12(8)18(3)16-5)11(19)14-4-7-15-6(2)17-20-7/h4,13H2,1-3H3,(H,14,19). The lowest BCUT2D eigenvalue weighted by atomic mass is 10.2. The molecule has 0 aliphatic heterocycles. The van der Waals surface area contributed by atoms with Crippen molar-refractivity contribution in [3.8, 4) is 0 Å². The van der Waals surface area contributed by atoms with Crippen molar-refractivity contribution in [2.75, 3.05) is 5.73 Å². The molecule has 0 aliphatic carbocycles. The van der Waals surface area contributed by atoms with Crippen molar-refractivity contribution in [2.24, 2.45) is 7.05 Å². The Labute approximate surface area is 123 Å². The Hall–Kier alpha value is -2.42. The highest BCUT2D eigenvalue weighted by Crippen LogP contribution is 2.35. The van der Waals surface area contributed by atoms with Crippen LogP contribution in [0.25, 0.3) is 10.2 Å². The summed E-state index contributed by atoms with van der Waals surface area (Å²) < 4.78 is 6.67. The first-order valence-corrected chi connectivity index (χ1v) is 7.08. The fourth-order valence-electron chi connectivity index (χ4n) is 2.15. The van der Waals surface area contributed by atoms with Gasteiger partial charge in [-0.1, -0.05) is 5.16 Å². The van der Waals surface area contributed by atoms with Crippen molar-refractivity contribution in [3.63, 3.8) is 0 Å². The van der Waals surface area contributed by atoms with Gasteiger partial charge in [-0.3, -0.25) is 9.48 Å². The van der Waals surface area contributed by atoms with Crippen LogP contribution in [0, 0.1) is 13.8 Å². The largest absolute Gasteiger partial charge is 0.397 e. The summed E-state index contributed by atoms with van der Waals surface area (Å²) >= 11 is 1.32. The van der Waals surface area contributed by atoms with E-state index in [4.69, 9.17) is 10.3 Å². The van der Waals surface area contributed by atoms with Gasteiger partial charge in [-0.05, 0) is 13.8 Å². The predicted molar refractivity (Wildman–Crippen MR) is 77.9 cm³/mol. The Morgan fingerprint density at radius 3 is 2.86 bits per heavy atom. The first-order chi connectivity index (χ1) is 9.97. The molecule has 110 valence electrons. The number of nitrogen functional groups attached to an aromatic ring is 1. The average Bonchev–Trinajstić information content (AvgIpc) is 3.06. The van der Waals surface area contributed by atoms with Crippen molar-refractivity contribution in [1.82, 2.24) is 25.2 Å². The summed E-state index contributed by atoms with van der Waals surface area (Å²) in [5.41, 5.74) is 7.34. The minimum Gasteiger partial charge on any atom is -0.397 e. The van der Waals surface area contributed by atoms with Crippen molar-refractivity contribution >= 4 is 33.1 Å². The summed E-state index contributed by atoms with van der Waals surface area (Å²) in [7, 11) is 1.83. The normalized spacial score (nSPS) is 11.2. The Kier molecular flexibility index (Phi) is 3.13. The third-order valence-corrected chi connectivity index (χ3v) is 4.33. The molecule has 21 heavy (non-hydrogen) atoms. The number of nitrogens with two attached hydrogens (primary N) is 1. The summed E-state index contributed by atoms with van der Waals surface area (Å²) in [6.07, 6.45) is 0. The number of hydrogen-bond donors (Lipinski definition) is 2. The molecule has 1 amide bonds. The zero-order chi connectivity index (χ0) is 15.1. The van der Waals surface area contributed by atoms with Crippen LogP contribution in [0.5, 0.6) is 0 Å². The summed E-state index contributed by atoms with van der Waals surface area (Å²) in [4.78, 5) is 17.6. The first kappa shape index (κ1) is 13.6. The van der Waals surface area contributed by atoms with Gasteiger partial charge in [0.25, 0.3) is 5.91 Å². The molecule has 0 atom stereocenters. The molecule has 0 saturated carbocycles. The summed E-state index contributed by atoms with van der Waals surface area (Å²) in [5, 5.41) is 11.5. The predicted octanol–water partition coefficient (Wildman–Crippen LogP) is 1.15. The molecular weight excluding hydrogens is 292 g/mol. The number of nitrogens with zero attached hydrogens (tertiary/aromatic N) is 4. The van der Waals surface area contributed by atoms with Crippen LogP contribution in [0.4, 0.5) is 5.69 Å². The molecular formula is C12H14N6O2S. The number of amides is 1. The molecule has 0 aliphatic rings. The minimum atomic E-state index is -0.260. The van der Waals surface area contributed by atoms with Gasteiger partial charge in [0.05, 0.1) is 23.3 Å². The maximum absolute atomic E-state index is 12.2. The molecule has 8 nitrogen and oxygen atoms in total. The molecule has 3 rings (SSSR count). The van der Waals surface area contributed by atoms with Crippen LogP contribution in [-0.2, 0) is 13.6 Å². The van der Waals surface area contributed by atoms with Gasteiger partial charge in [-0.25, -0.2) is 0 Å². The van der Waals surface area contributed by atoms with Crippen LogP contribution in [-0.4, -0.2) is 25.8 Å². The third kappa shape index (κ3) is 2.25. The van der Waals surface area contributed by atoms with Gasteiger partial charge in [0.1, 0.15) is 9.71 Å². The topological polar surface area (TPSA) is 112 Å². The minimum absolute atomic E-state index is 0.171. The van der Waals surface area contributed by atoms with Crippen molar-refractivity contribution in [2.45, 2.75) is 20.4 Å². The van der Waals surface area contributed by atoms with Gasteiger partial charge in [-0.2, -0.15) is 10.1 Å². The van der Waals surface area contributed by atoms with Gasteiger partial charge >= 0.3 is 0 Å². The second-order valence-electron chi connectivity index (χ2n) is 4.65. The first-order valence-electron chi connectivity index (χ1n) is 6.26. The van der Waals surface area contributed by atoms with E-state index in [0.717, 1.165) is 15.9 Å². The van der Waals surface area contributed by atoms with E-state index in [1.165, 1.54) is 11.3 Å². The number of aromatic nitrogens is 4. The molecule has 3 aromatic heterocycles. The number of fused-ring (bicyclic) bond motifs is 1. The highest BCUT2D eigenvalue weighted by molar-refractivity contribution is 7.21. The maximum Gasteiger partial charge on any atom is 0.264 e. The highest BCUT2D eigenvalue weighted by Gasteiger charge is 2.21. The van der Waals surface area contributed by atoms with Crippen molar-refractivity contribution in [1.29, 1.82) is 0 Å². The van der Waals surface area contributed by atoms with E-state index in [0.29, 0.717) is 22.3 Å². The number of anilines is 1. The van der Waals surface area contributed by atoms with E-state index >= 15 is 0 Å². The fourth-order valence-corrected chi connectivity index (χ4v) is 3.25. The van der Waals surface area contributed by atoms with Crippen LogP contribution in [0.3, 0.4) is 0 Å². The lowest BCUT2D eigenvalue weighted by Gasteiger charge is -2.01. The number of nitrogens with one attached hydrogen (secondary N) is 1. The van der Waals surface area contributed by atoms with Gasteiger partial charge in [-0.15, -0.1) is 11.3 Å². The maximum atomic E-state index is 12.2. The summed E-state index contributed by atoms with van der Waals surface area (Å²) in [5.74, 6) is 0.629. The molecule has 0 fully saturated rings. The van der Waals surface area contributed by atoms with E-state index in [1.807, 2.05) is 14.0 Å². The van der Waals surface area contributed by atoms with E-state index in [1.54, 1.807) is 11.6 Å². The van der Waals surface area contributed by atoms with Gasteiger partial charge in [0.15, 0.2) is 5.82 Å². The van der Waals surface area contributed by atoms with Crippen LogP contribution >= 0.6 is 11.3 Å². The number of aryl methyl sites for hydroxylation is 3. The van der Waals surface area contributed by atoms with Crippen LogP contribution in [0.15, 0.2) is 4.52 Å². The summed E-state index contributed by atoms with van der Waals surface area (Å²) in [6.45, 7) is 3.76. The van der Waals surface area contributed by atoms with E-state index in [-0.39, 0.29) is 12.5 Å². The second-order valence-corrected chi connectivity index (χ2v) is 5.65. The smallest absolute Gasteiger partial charge is 0.264 e.